The molecule has 166 valence electrons. The summed E-state index contributed by atoms with van der Waals surface area (Å²) in [6.45, 7) is 6.44. The average molecular weight is 444 g/mol. The lowest BCUT2D eigenvalue weighted by Crippen LogP contribution is -2.48. The van der Waals surface area contributed by atoms with Crippen molar-refractivity contribution in [2.75, 3.05) is 36.4 Å². The van der Waals surface area contributed by atoms with Gasteiger partial charge in [-0.3, -0.25) is 4.79 Å². The first-order valence-electron chi connectivity index (χ1n) is 10.7. The first kappa shape index (κ1) is 21.8. The summed E-state index contributed by atoms with van der Waals surface area (Å²) in [5.41, 5.74) is 2.13. The van der Waals surface area contributed by atoms with Gasteiger partial charge >= 0.3 is 0 Å². The van der Waals surface area contributed by atoms with Gasteiger partial charge < -0.3 is 15.0 Å². The van der Waals surface area contributed by atoms with E-state index in [1.165, 1.54) is 29.3 Å². The molecule has 2 heterocycles. The summed E-state index contributed by atoms with van der Waals surface area (Å²) in [5, 5.41) is 2.86. The molecule has 2 atom stereocenters. The van der Waals surface area contributed by atoms with Crippen LogP contribution in [-0.4, -0.2) is 57.0 Å². The Hall–Kier alpha value is -2.42. The predicted octanol–water partition coefficient (Wildman–Crippen LogP) is 3.34. The van der Waals surface area contributed by atoms with Gasteiger partial charge in [0, 0.05) is 43.1 Å². The molecule has 2 unspecified atom stereocenters. The third kappa shape index (κ3) is 4.92. The van der Waals surface area contributed by atoms with Gasteiger partial charge in [-0.1, -0.05) is 6.07 Å². The number of carbonyl (C=O) groups is 1. The van der Waals surface area contributed by atoms with Crippen molar-refractivity contribution in [2.24, 2.45) is 0 Å². The number of nitrogens with one attached hydrogen (secondary N) is 1. The molecule has 2 saturated heterocycles. The van der Waals surface area contributed by atoms with Crippen LogP contribution in [0.25, 0.3) is 0 Å². The minimum absolute atomic E-state index is 0.117. The second-order valence-corrected chi connectivity index (χ2v) is 10.2. The number of sulfonamides is 1. The van der Waals surface area contributed by atoms with Crippen molar-refractivity contribution >= 4 is 27.3 Å². The molecule has 0 bridgehead atoms. The third-order valence-corrected chi connectivity index (χ3v) is 7.54. The van der Waals surface area contributed by atoms with E-state index in [1.54, 1.807) is 12.1 Å². The fraction of sp³-hybridized carbons (Fsp3) is 0.435. The molecule has 0 spiro atoms. The van der Waals surface area contributed by atoms with Crippen molar-refractivity contribution in [3.8, 4) is 0 Å². The Morgan fingerprint density at radius 1 is 1.00 bits per heavy atom. The fourth-order valence-corrected chi connectivity index (χ4v) is 5.84. The summed E-state index contributed by atoms with van der Waals surface area (Å²) in [6, 6.07) is 14.0. The van der Waals surface area contributed by atoms with E-state index in [9.17, 15) is 13.2 Å². The molecule has 0 aliphatic carbocycles. The second kappa shape index (κ2) is 8.98. The molecule has 7 nitrogen and oxygen atoms in total. The molecule has 0 saturated carbocycles. The molecule has 0 radical (unpaired) electrons. The number of hydrogen-bond donors (Lipinski definition) is 1. The zero-order valence-corrected chi connectivity index (χ0v) is 18.8. The van der Waals surface area contributed by atoms with Crippen LogP contribution in [0.5, 0.6) is 0 Å². The summed E-state index contributed by atoms with van der Waals surface area (Å²) in [6.07, 6.45) is 2.07. The molecule has 2 fully saturated rings. The lowest BCUT2D eigenvalue weighted by atomic mass is 10.2. The van der Waals surface area contributed by atoms with E-state index in [1.807, 2.05) is 38.1 Å². The van der Waals surface area contributed by atoms with Gasteiger partial charge in [0.2, 0.25) is 10.0 Å². The van der Waals surface area contributed by atoms with E-state index in [2.05, 4.69) is 10.2 Å². The molecule has 2 aliphatic heterocycles. The summed E-state index contributed by atoms with van der Waals surface area (Å²) < 4.78 is 33.3. The fourth-order valence-electron chi connectivity index (χ4n) is 4.21. The maximum absolute atomic E-state index is 13.1. The summed E-state index contributed by atoms with van der Waals surface area (Å²) >= 11 is 0. The van der Waals surface area contributed by atoms with Crippen LogP contribution in [0.1, 0.15) is 37.0 Å². The molecular weight excluding hydrogens is 414 g/mol. The molecule has 2 aromatic carbocycles. The SMILES string of the molecule is CC1CN(S(=O)(=O)c2cccc(C(=O)Nc3ccc(N4CCCC4)cc3)c2)CC(C)O1. The molecule has 31 heavy (non-hydrogen) atoms. The average Bonchev–Trinajstić information content (AvgIpc) is 3.28. The van der Waals surface area contributed by atoms with Gasteiger partial charge in [0.05, 0.1) is 17.1 Å². The molecule has 2 aromatic rings. The molecule has 4 rings (SSSR count). The number of anilines is 2. The Balaban J connectivity index is 1.48. The van der Waals surface area contributed by atoms with Crippen molar-refractivity contribution < 1.29 is 17.9 Å². The molecule has 0 aromatic heterocycles. The largest absolute Gasteiger partial charge is 0.373 e. The minimum Gasteiger partial charge on any atom is -0.373 e. The maximum Gasteiger partial charge on any atom is 0.255 e. The van der Waals surface area contributed by atoms with E-state index >= 15 is 0 Å². The van der Waals surface area contributed by atoms with Crippen LogP contribution in [0.2, 0.25) is 0 Å². The van der Waals surface area contributed by atoms with Crippen molar-refractivity contribution in [3.63, 3.8) is 0 Å². The van der Waals surface area contributed by atoms with Crippen LogP contribution < -0.4 is 10.2 Å². The Kier molecular flexibility index (Phi) is 6.31. The number of nitrogens with zero attached hydrogens (tertiary/aromatic N) is 2. The van der Waals surface area contributed by atoms with Gasteiger partial charge in [0.1, 0.15) is 0 Å². The smallest absolute Gasteiger partial charge is 0.255 e. The van der Waals surface area contributed by atoms with E-state index in [0.717, 1.165) is 18.8 Å². The number of hydrogen-bond acceptors (Lipinski definition) is 5. The summed E-state index contributed by atoms with van der Waals surface area (Å²) in [4.78, 5) is 15.2. The highest BCUT2D eigenvalue weighted by Crippen LogP contribution is 2.24. The Labute approximate surface area is 184 Å². The van der Waals surface area contributed by atoms with Gasteiger partial charge in [0.25, 0.3) is 5.91 Å². The molecule has 8 heteroatoms. The lowest BCUT2D eigenvalue weighted by Gasteiger charge is -2.34. The van der Waals surface area contributed by atoms with Crippen molar-refractivity contribution in [1.29, 1.82) is 0 Å². The number of carbonyl (C=O) groups excluding carboxylic acids is 1. The number of rotatable bonds is 5. The minimum atomic E-state index is -3.70. The second-order valence-electron chi connectivity index (χ2n) is 8.30. The van der Waals surface area contributed by atoms with Gasteiger partial charge in [-0.2, -0.15) is 4.31 Å². The molecule has 1 amide bonds. The van der Waals surface area contributed by atoms with E-state index in [4.69, 9.17) is 4.74 Å². The zero-order valence-electron chi connectivity index (χ0n) is 18.0. The third-order valence-electron chi connectivity index (χ3n) is 5.72. The van der Waals surface area contributed by atoms with Crippen molar-refractivity contribution in [2.45, 2.75) is 43.8 Å². The van der Waals surface area contributed by atoms with Crippen molar-refractivity contribution in [3.05, 3.63) is 54.1 Å². The maximum atomic E-state index is 13.1. The van der Waals surface area contributed by atoms with Crippen LogP contribution in [0.15, 0.2) is 53.4 Å². The van der Waals surface area contributed by atoms with Crippen LogP contribution in [-0.2, 0) is 14.8 Å². The Morgan fingerprint density at radius 3 is 2.29 bits per heavy atom. The zero-order chi connectivity index (χ0) is 22.0. The van der Waals surface area contributed by atoms with Crippen LogP contribution in [0, 0.1) is 0 Å². The topological polar surface area (TPSA) is 79.0 Å². The van der Waals surface area contributed by atoms with Gasteiger partial charge in [-0.05, 0) is 69.2 Å². The standard InChI is InChI=1S/C23H29N3O4S/c1-17-15-26(16-18(2)30-17)31(28,29)22-7-5-6-19(14-22)23(27)24-20-8-10-21(11-9-20)25-12-3-4-13-25/h5-11,14,17-18H,3-4,12-13,15-16H2,1-2H3,(H,24,27). The number of ether oxygens (including phenoxy) is 1. The van der Waals surface area contributed by atoms with Gasteiger partial charge in [0.15, 0.2) is 0 Å². The highest BCUT2D eigenvalue weighted by molar-refractivity contribution is 7.89. The number of benzene rings is 2. The summed E-state index contributed by atoms with van der Waals surface area (Å²) in [5.74, 6) is -0.338. The van der Waals surface area contributed by atoms with Crippen LogP contribution in [0.4, 0.5) is 11.4 Å². The van der Waals surface area contributed by atoms with Crippen LogP contribution in [0.3, 0.4) is 0 Å². The first-order valence-corrected chi connectivity index (χ1v) is 12.2. The Bertz CT molecular complexity index is 1020. The van der Waals surface area contributed by atoms with E-state index < -0.39 is 10.0 Å². The molecule has 2 aliphatic rings. The monoisotopic (exact) mass is 443 g/mol. The first-order chi connectivity index (χ1) is 14.8. The lowest BCUT2D eigenvalue weighted by molar-refractivity contribution is -0.0440. The Morgan fingerprint density at radius 2 is 1.65 bits per heavy atom. The van der Waals surface area contributed by atoms with E-state index in [0.29, 0.717) is 24.3 Å². The highest BCUT2D eigenvalue weighted by Gasteiger charge is 2.32. The predicted molar refractivity (Wildman–Crippen MR) is 121 cm³/mol. The highest BCUT2D eigenvalue weighted by atomic mass is 32.2. The van der Waals surface area contributed by atoms with E-state index in [-0.39, 0.29) is 23.0 Å². The van der Waals surface area contributed by atoms with Gasteiger partial charge in [-0.25, -0.2) is 8.42 Å². The number of amides is 1. The van der Waals surface area contributed by atoms with Gasteiger partial charge in [-0.15, -0.1) is 0 Å². The molecule has 1 N–H and O–H groups in total. The molecular formula is C23H29N3O4S. The van der Waals surface area contributed by atoms with Crippen molar-refractivity contribution in [1.82, 2.24) is 4.31 Å². The number of morpholine rings is 1. The normalized spacial score (nSPS) is 22.5. The van der Waals surface area contributed by atoms with Crippen LogP contribution >= 0.6 is 0 Å². The summed E-state index contributed by atoms with van der Waals surface area (Å²) in [7, 11) is -3.70. The quantitative estimate of drug-likeness (QED) is 0.767.